The molecule has 0 aliphatic carbocycles. The third-order valence-corrected chi connectivity index (χ3v) is 4.87. The fraction of sp³-hybridized carbons (Fsp3) is 0.211. The third kappa shape index (κ3) is 2.83. The fourth-order valence-electron chi connectivity index (χ4n) is 2.66. The molecule has 2 aromatic heterocycles. The molecule has 0 aliphatic rings. The minimum atomic E-state index is 0.912. The second-order valence-electron chi connectivity index (χ2n) is 5.68. The van der Waals surface area contributed by atoms with Gasteiger partial charge in [0.1, 0.15) is 0 Å². The first-order valence-electron chi connectivity index (χ1n) is 8.21. The Hall–Kier alpha value is -2.53. The third-order valence-electron chi connectivity index (χ3n) is 3.91. The Balaban J connectivity index is 1.97. The number of unbranched alkanes of at least 4 members (excludes halogenated alkanes) is 1. The quantitative estimate of drug-likeness (QED) is 0.544. The van der Waals surface area contributed by atoms with Gasteiger partial charge in [-0.25, -0.2) is 15.0 Å². The van der Waals surface area contributed by atoms with Crippen LogP contribution in [0.1, 0.15) is 19.8 Å². The SMILES string of the molecule is CCCCn1c(=Nc2ccccc2)sc2nc3ccccc3nc21. The first-order chi connectivity index (χ1) is 11.8. The van der Waals surface area contributed by atoms with E-state index in [2.05, 4.69) is 11.5 Å². The average Bonchev–Trinajstić information content (AvgIpc) is 2.94. The highest BCUT2D eigenvalue weighted by Gasteiger charge is 2.10. The molecule has 5 heteroatoms. The van der Waals surface area contributed by atoms with Crippen LogP contribution in [0.2, 0.25) is 0 Å². The second-order valence-corrected chi connectivity index (χ2v) is 6.63. The van der Waals surface area contributed by atoms with E-state index in [9.17, 15) is 0 Å². The first-order valence-corrected chi connectivity index (χ1v) is 9.02. The number of rotatable bonds is 4. The first kappa shape index (κ1) is 15.0. The number of para-hydroxylation sites is 3. The van der Waals surface area contributed by atoms with Gasteiger partial charge in [-0.05, 0) is 30.7 Å². The summed E-state index contributed by atoms with van der Waals surface area (Å²) in [7, 11) is 0. The van der Waals surface area contributed by atoms with Crippen LogP contribution in [0.25, 0.3) is 21.5 Å². The Morgan fingerprint density at radius 2 is 1.67 bits per heavy atom. The highest BCUT2D eigenvalue weighted by atomic mass is 32.1. The molecule has 4 rings (SSSR count). The minimum absolute atomic E-state index is 0.912. The summed E-state index contributed by atoms with van der Waals surface area (Å²) in [6.45, 7) is 3.11. The molecule has 0 saturated carbocycles. The summed E-state index contributed by atoms with van der Waals surface area (Å²) in [5, 5.41) is 0. The van der Waals surface area contributed by atoms with E-state index >= 15 is 0 Å². The number of hydrogen-bond donors (Lipinski definition) is 0. The van der Waals surface area contributed by atoms with Crippen molar-refractivity contribution in [1.82, 2.24) is 14.5 Å². The van der Waals surface area contributed by atoms with E-state index < -0.39 is 0 Å². The number of aromatic nitrogens is 3. The molecule has 4 nitrogen and oxygen atoms in total. The van der Waals surface area contributed by atoms with Crippen LogP contribution in [-0.4, -0.2) is 14.5 Å². The molecule has 0 amide bonds. The van der Waals surface area contributed by atoms with Crippen molar-refractivity contribution in [2.75, 3.05) is 0 Å². The molecule has 0 aliphatic heterocycles. The van der Waals surface area contributed by atoms with Gasteiger partial charge in [-0.15, -0.1) is 0 Å². The molecule has 0 saturated heterocycles. The Morgan fingerprint density at radius 3 is 2.42 bits per heavy atom. The number of nitrogens with zero attached hydrogens (tertiary/aromatic N) is 4. The zero-order chi connectivity index (χ0) is 16.4. The number of thiazole rings is 1. The van der Waals surface area contributed by atoms with Gasteiger partial charge in [0.2, 0.25) is 0 Å². The topological polar surface area (TPSA) is 43.1 Å². The van der Waals surface area contributed by atoms with Crippen LogP contribution in [0.4, 0.5) is 5.69 Å². The zero-order valence-corrected chi connectivity index (χ0v) is 14.3. The Labute approximate surface area is 144 Å². The van der Waals surface area contributed by atoms with Gasteiger partial charge in [-0.1, -0.05) is 55.0 Å². The maximum Gasteiger partial charge on any atom is 0.193 e. The Bertz CT molecular complexity index is 1050. The van der Waals surface area contributed by atoms with Crippen LogP contribution >= 0.6 is 11.3 Å². The van der Waals surface area contributed by atoms with Crippen molar-refractivity contribution < 1.29 is 0 Å². The van der Waals surface area contributed by atoms with Gasteiger partial charge in [0.15, 0.2) is 15.3 Å². The molecule has 0 spiro atoms. The van der Waals surface area contributed by atoms with Gasteiger partial charge < -0.3 is 0 Å². The van der Waals surface area contributed by atoms with Crippen LogP contribution in [0, 0.1) is 0 Å². The van der Waals surface area contributed by atoms with Crippen molar-refractivity contribution in [2.24, 2.45) is 4.99 Å². The van der Waals surface area contributed by atoms with Gasteiger partial charge >= 0.3 is 0 Å². The molecule has 4 aromatic rings. The van der Waals surface area contributed by atoms with E-state index in [-0.39, 0.29) is 0 Å². The van der Waals surface area contributed by atoms with Gasteiger partial charge in [0, 0.05) is 6.54 Å². The van der Waals surface area contributed by atoms with Crippen molar-refractivity contribution in [2.45, 2.75) is 26.3 Å². The summed E-state index contributed by atoms with van der Waals surface area (Å²) in [5.74, 6) is 0. The molecular formula is C19H18N4S. The zero-order valence-electron chi connectivity index (χ0n) is 13.5. The Kier molecular flexibility index (Phi) is 4.09. The van der Waals surface area contributed by atoms with Crippen LogP contribution in [0.3, 0.4) is 0 Å². The predicted molar refractivity (Wildman–Crippen MR) is 99.5 cm³/mol. The lowest BCUT2D eigenvalue weighted by Crippen LogP contribution is -2.15. The highest BCUT2D eigenvalue weighted by Crippen LogP contribution is 2.19. The molecule has 24 heavy (non-hydrogen) atoms. The van der Waals surface area contributed by atoms with Gasteiger partial charge in [0.05, 0.1) is 16.7 Å². The summed E-state index contributed by atoms with van der Waals surface area (Å²) >= 11 is 1.61. The molecule has 120 valence electrons. The van der Waals surface area contributed by atoms with Gasteiger partial charge in [-0.2, -0.15) is 0 Å². The highest BCUT2D eigenvalue weighted by molar-refractivity contribution is 7.15. The molecule has 2 heterocycles. The maximum atomic E-state index is 4.84. The average molecular weight is 334 g/mol. The van der Waals surface area contributed by atoms with Crippen molar-refractivity contribution in [3.05, 3.63) is 59.4 Å². The molecule has 0 radical (unpaired) electrons. The van der Waals surface area contributed by atoms with Crippen molar-refractivity contribution in [1.29, 1.82) is 0 Å². The largest absolute Gasteiger partial charge is 0.300 e. The summed E-state index contributed by atoms with van der Waals surface area (Å²) in [5.41, 5.74) is 3.75. The van der Waals surface area contributed by atoms with E-state index in [4.69, 9.17) is 15.0 Å². The molecule has 0 unspecified atom stereocenters. The van der Waals surface area contributed by atoms with Crippen molar-refractivity contribution in [3.8, 4) is 0 Å². The lowest BCUT2D eigenvalue weighted by molar-refractivity contribution is 0.631. The number of hydrogen-bond acceptors (Lipinski definition) is 4. The minimum Gasteiger partial charge on any atom is -0.300 e. The van der Waals surface area contributed by atoms with E-state index in [0.717, 1.165) is 51.4 Å². The van der Waals surface area contributed by atoms with Crippen LogP contribution in [-0.2, 0) is 6.54 Å². The summed E-state index contributed by atoms with van der Waals surface area (Å²) in [6.07, 6.45) is 2.23. The molecular weight excluding hydrogens is 316 g/mol. The van der Waals surface area contributed by atoms with E-state index in [1.165, 1.54) is 0 Å². The lowest BCUT2D eigenvalue weighted by Gasteiger charge is -2.04. The maximum absolute atomic E-state index is 4.84. The molecule has 0 fully saturated rings. The monoisotopic (exact) mass is 334 g/mol. The van der Waals surface area contributed by atoms with Gasteiger partial charge in [0.25, 0.3) is 0 Å². The van der Waals surface area contributed by atoms with E-state index in [1.807, 2.05) is 54.6 Å². The summed E-state index contributed by atoms with van der Waals surface area (Å²) in [4.78, 5) is 16.4. The number of benzene rings is 2. The predicted octanol–water partition coefficient (Wildman–Crippen LogP) is 4.68. The number of aryl methyl sites for hydroxylation is 1. The van der Waals surface area contributed by atoms with E-state index in [0.29, 0.717) is 0 Å². The van der Waals surface area contributed by atoms with Crippen molar-refractivity contribution in [3.63, 3.8) is 0 Å². The van der Waals surface area contributed by atoms with Crippen LogP contribution < -0.4 is 4.80 Å². The molecule has 0 N–H and O–H groups in total. The van der Waals surface area contributed by atoms with Gasteiger partial charge in [-0.3, -0.25) is 4.57 Å². The van der Waals surface area contributed by atoms with Crippen LogP contribution in [0.15, 0.2) is 59.6 Å². The summed E-state index contributed by atoms with van der Waals surface area (Å²) in [6, 6.07) is 18.1. The number of fused-ring (bicyclic) bond motifs is 2. The summed E-state index contributed by atoms with van der Waals surface area (Å²) < 4.78 is 2.20. The standard InChI is InChI=1S/C19H18N4S/c1-2-3-13-23-17-18(22-16-12-8-7-11-15(16)21-17)24-19(23)20-14-9-5-4-6-10-14/h4-12H,2-3,13H2,1H3. The fourth-order valence-corrected chi connectivity index (χ4v) is 3.67. The molecule has 0 atom stereocenters. The van der Waals surface area contributed by atoms with Crippen LogP contribution in [0.5, 0.6) is 0 Å². The Morgan fingerprint density at radius 1 is 0.958 bits per heavy atom. The van der Waals surface area contributed by atoms with E-state index in [1.54, 1.807) is 11.3 Å². The lowest BCUT2D eigenvalue weighted by atomic mass is 10.3. The molecule has 2 aromatic carbocycles. The normalized spacial score (nSPS) is 12.3. The molecule has 0 bridgehead atoms. The second kappa shape index (κ2) is 6.53. The smallest absolute Gasteiger partial charge is 0.193 e. The van der Waals surface area contributed by atoms with Crippen molar-refractivity contribution >= 4 is 38.5 Å².